The topological polar surface area (TPSA) is 12.0 Å². The molecule has 2 aromatic rings. The Kier molecular flexibility index (Phi) is 3.39. The highest BCUT2D eigenvalue weighted by Gasteiger charge is 2.38. The van der Waals surface area contributed by atoms with E-state index in [0.29, 0.717) is 16.0 Å². The third kappa shape index (κ3) is 2.13. The number of halogens is 3. The van der Waals surface area contributed by atoms with Crippen molar-refractivity contribution < 1.29 is 4.39 Å². The number of nitrogens with one attached hydrogen (secondary N) is 1. The van der Waals surface area contributed by atoms with E-state index >= 15 is 0 Å². The van der Waals surface area contributed by atoms with E-state index in [9.17, 15) is 4.39 Å². The number of benzene rings is 2. The monoisotopic (exact) mass is 333 g/mol. The van der Waals surface area contributed by atoms with Crippen LogP contribution in [0.4, 0.5) is 10.1 Å². The lowest BCUT2D eigenvalue weighted by Gasteiger charge is -2.38. The molecule has 1 heterocycles. The highest BCUT2D eigenvalue weighted by atomic mass is 35.5. The molecule has 1 N–H and O–H groups in total. The average Bonchev–Trinajstić information content (AvgIpc) is 2.99. The van der Waals surface area contributed by atoms with Crippen LogP contribution in [0.3, 0.4) is 0 Å². The number of allylic oxidation sites excluding steroid dienone is 2. The second-order valence-electron chi connectivity index (χ2n) is 5.85. The average molecular weight is 334 g/mol. The zero-order valence-electron chi connectivity index (χ0n) is 11.7. The Morgan fingerprint density at radius 3 is 2.82 bits per heavy atom. The maximum absolute atomic E-state index is 13.6. The maximum atomic E-state index is 13.6. The van der Waals surface area contributed by atoms with Gasteiger partial charge in [-0.2, -0.15) is 0 Å². The van der Waals surface area contributed by atoms with E-state index in [2.05, 4.69) is 17.5 Å². The fourth-order valence-corrected chi connectivity index (χ4v) is 4.06. The molecule has 0 saturated carbocycles. The molecule has 1 aliphatic heterocycles. The van der Waals surface area contributed by atoms with E-state index in [4.69, 9.17) is 23.2 Å². The summed E-state index contributed by atoms with van der Waals surface area (Å²) in [6, 6.07) is 10.7. The first-order valence-electron chi connectivity index (χ1n) is 7.31. The summed E-state index contributed by atoms with van der Waals surface area (Å²) in [5.74, 6) is 0.344. The van der Waals surface area contributed by atoms with Crippen molar-refractivity contribution >= 4 is 28.9 Å². The molecule has 0 amide bonds. The van der Waals surface area contributed by atoms with Gasteiger partial charge >= 0.3 is 0 Å². The summed E-state index contributed by atoms with van der Waals surface area (Å²) in [5, 5.41) is 4.69. The number of hydrogen-bond acceptors (Lipinski definition) is 1. The number of anilines is 1. The quantitative estimate of drug-likeness (QED) is 0.635. The standard InChI is InChI=1S/C18H14Cl2FN/c19-15-6-2-5-13(17(15)20)18-12-4-1-3-11(12)14-9-10(21)7-8-16(14)22-18/h1-3,5-9,11-12,18,22H,4H2/t11-,12+,18+/m0/s1. The summed E-state index contributed by atoms with van der Waals surface area (Å²) >= 11 is 12.6. The van der Waals surface area contributed by atoms with Crippen LogP contribution in [-0.2, 0) is 0 Å². The summed E-state index contributed by atoms with van der Waals surface area (Å²) in [7, 11) is 0. The lowest BCUT2D eigenvalue weighted by atomic mass is 9.77. The summed E-state index contributed by atoms with van der Waals surface area (Å²) in [4.78, 5) is 0. The van der Waals surface area contributed by atoms with Gasteiger partial charge in [-0.15, -0.1) is 0 Å². The molecule has 1 aliphatic carbocycles. The van der Waals surface area contributed by atoms with Crippen molar-refractivity contribution in [2.45, 2.75) is 18.4 Å². The van der Waals surface area contributed by atoms with Crippen molar-refractivity contribution in [2.24, 2.45) is 5.92 Å². The SMILES string of the molecule is Fc1ccc2c(c1)[C@H]1C=CC[C@H]1[C@H](c1cccc(Cl)c1Cl)N2. The summed E-state index contributed by atoms with van der Waals surface area (Å²) in [6.45, 7) is 0. The van der Waals surface area contributed by atoms with Gasteiger partial charge in [-0.1, -0.05) is 47.5 Å². The third-order valence-electron chi connectivity index (χ3n) is 4.64. The van der Waals surface area contributed by atoms with Crippen LogP contribution >= 0.6 is 23.2 Å². The first-order chi connectivity index (χ1) is 10.6. The molecule has 4 rings (SSSR count). The van der Waals surface area contributed by atoms with Gasteiger partial charge in [0.15, 0.2) is 0 Å². The molecule has 0 unspecified atom stereocenters. The Morgan fingerprint density at radius 1 is 1.09 bits per heavy atom. The molecule has 0 aromatic heterocycles. The van der Waals surface area contributed by atoms with Gasteiger partial charge in [-0.05, 0) is 47.7 Å². The van der Waals surface area contributed by atoms with Gasteiger partial charge in [0, 0.05) is 11.6 Å². The van der Waals surface area contributed by atoms with Crippen LogP contribution in [0.15, 0.2) is 48.6 Å². The maximum Gasteiger partial charge on any atom is 0.123 e. The van der Waals surface area contributed by atoms with Crippen molar-refractivity contribution in [1.29, 1.82) is 0 Å². The number of rotatable bonds is 1. The van der Waals surface area contributed by atoms with Crippen molar-refractivity contribution in [3.63, 3.8) is 0 Å². The molecule has 4 heteroatoms. The first kappa shape index (κ1) is 14.1. The zero-order valence-corrected chi connectivity index (χ0v) is 13.2. The van der Waals surface area contributed by atoms with E-state index in [-0.39, 0.29) is 17.8 Å². The van der Waals surface area contributed by atoms with Crippen molar-refractivity contribution in [1.82, 2.24) is 0 Å². The Labute approximate surface area is 138 Å². The number of hydrogen-bond donors (Lipinski definition) is 1. The Bertz CT molecular complexity index is 772. The van der Waals surface area contributed by atoms with Crippen molar-refractivity contribution in [3.05, 3.63) is 75.5 Å². The van der Waals surface area contributed by atoms with E-state index in [0.717, 1.165) is 23.2 Å². The molecule has 0 spiro atoms. The molecule has 22 heavy (non-hydrogen) atoms. The number of fused-ring (bicyclic) bond motifs is 3. The van der Waals surface area contributed by atoms with Crippen LogP contribution in [-0.4, -0.2) is 0 Å². The first-order valence-corrected chi connectivity index (χ1v) is 8.07. The van der Waals surface area contributed by atoms with Gasteiger partial charge in [-0.3, -0.25) is 0 Å². The molecule has 0 bridgehead atoms. The summed E-state index contributed by atoms with van der Waals surface area (Å²) in [6.07, 6.45) is 5.29. The van der Waals surface area contributed by atoms with Crippen LogP contribution < -0.4 is 5.32 Å². The molecular formula is C18H14Cl2FN. The second-order valence-corrected chi connectivity index (χ2v) is 6.64. The Hall–Kier alpha value is -1.51. The molecule has 0 saturated heterocycles. The van der Waals surface area contributed by atoms with Crippen LogP contribution in [0.1, 0.15) is 29.5 Å². The lowest BCUT2D eigenvalue weighted by molar-refractivity contribution is 0.424. The molecule has 0 fully saturated rings. The molecule has 3 atom stereocenters. The highest BCUT2D eigenvalue weighted by Crippen LogP contribution is 2.51. The molecule has 0 radical (unpaired) electrons. The lowest BCUT2D eigenvalue weighted by Crippen LogP contribution is -2.29. The van der Waals surface area contributed by atoms with E-state index < -0.39 is 0 Å². The smallest absolute Gasteiger partial charge is 0.123 e. The molecule has 1 nitrogen and oxygen atoms in total. The van der Waals surface area contributed by atoms with Gasteiger partial charge in [-0.25, -0.2) is 4.39 Å². The van der Waals surface area contributed by atoms with Crippen LogP contribution in [0.25, 0.3) is 0 Å². The van der Waals surface area contributed by atoms with Crippen LogP contribution in [0, 0.1) is 11.7 Å². The van der Waals surface area contributed by atoms with Gasteiger partial charge in [0.25, 0.3) is 0 Å². The summed E-state index contributed by atoms with van der Waals surface area (Å²) in [5.41, 5.74) is 2.99. The Balaban J connectivity index is 1.83. The minimum absolute atomic E-state index is 0.0733. The normalized spacial score (nSPS) is 25.5. The molecule has 112 valence electrons. The van der Waals surface area contributed by atoms with Crippen LogP contribution in [0.2, 0.25) is 10.0 Å². The zero-order chi connectivity index (χ0) is 15.3. The Morgan fingerprint density at radius 2 is 1.95 bits per heavy atom. The second kappa shape index (κ2) is 5.29. The van der Waals surface area contributed by atoms with E-state index in [1.165, 1.54) is 6.07 Å². The van der Waals surface area contributed by atoms with Crippen molar-refractivity contribution in [2.75, 3.05) is 5.32 Å². The molecule has 2 aromatic carbocycles. The van der Waals surface area contributed by atoms with E-state index in [1.807, 2.05) is 12.1 Å². The predicted molar refractivity (Wildman–Crippen MR) is 89.2 cm³/mol. The predicted octanol–water partition coefficient (Wildman–Crippen LogP) is 5.96. The molecular weight excluding hydrogens is 320 g/mol. The van der Waals surface area contributed by atoms with Gasteiger partial charge in [0.2, 0.25) is 0 Å². The highest BCUT2D eigenvalue weighted by molar-refractivity contribution is 6.42. The van der Waals surface area contributed by atoms with Gasteiger partial charge < -0.3 is 5.32 Å². The van der Waals surface area contributed by atoms with Crippen molar-refractivity contribution in [3.8, 4) is 0 Å². The van der Waals surface area contributed by atoms with E-state index in [1.54, 1.807) is 18.2 Å². The third-order valence-corrected chi connectivity index (χ3v) is 5.47. The summed E-state index contributed by atoms with van der Waals surface area (Å²) < 4.78 is 13.6. The van der Waals surface area contributed by atoms with Crippen LogP contribution in [0.5, 0.6) is 0 Å². The van der Waals surface area contributed by atoms with Gasteiger partial charge in [0.05, 0.1) is 16.1 Å². The largest absolute Gasteiger partial charge is 0.378 e. The minimum atomic E-state index is -0.196. The molecule has 2 aliphatic rings. The van der Waals surface area contributed by atoms with Gasteiger partial charge in [0.1, 0.15) is 5.82 Å². The minimum Gasteiger partial charge on any atom is -0.378 e. The fourth-order valence-electron chi connectivity index (χ4n) is 3.63. The fraction of sp³-hybridized carbons (Fsp3) is 0.222.